The van der Waals surface area contributed by atoms with Gasteiger partial charge in [0.1, 0.15) is 11.3 Å². The summed E-state index contributed by atoms with van der Waals surface area (Å²) in [7, 11) is 1.28. The number of H-pyrrole nitrogens is 1. The van der Waals surface area contributed by atoms with Crippen molar-refractivity contribution in [1.82, 2.24) is 24.3 Å². The molecule has 3 aromatic heterocycles. The summed E-state index contributed by atoms with van der Waals surface area (Å²) in [6.45, 7) is 5.34. The number of methoxy groups -OCH3 is 1. The van der Waals surface area contributed by atoms with Crippen molar-refractivity contribution in [2.24, 2.45) is 0 Å². The van der Waals surface area contributed by atoms with E-state index in [4.69, 9.17) is 17.0 Å². The standard InChI is InChI=1S/C18H21N5O3S/c1-4-6-8-23-15-14(16(24)20-18(23)27)11(17(25)26-3)10-13(19-15)12-7-9-22(5-2)21-12/h7,9-10H,4-6,8H2,1-3H3,(H,20,24,27). The number of carbonyl (C=O) groups excluding carboxylic acids is 1. The SMILES string of the molecule is CCCCn1c(=S)[nH]c(=O)c2c(C(=O)OC)cc(-c3ccn(CC)n3)nc21. The molecule has 0 fully saturated rings. The van der Waals surface area contributed by atoms with Crippen LogP contribution in [-0.4, -0.2) is 37.4 Å². The van der Waals surface area contributed by atoms with E-state index in [9.17, 15) is 9.59 Å². The molecule has 3 aromatic rings. The molecule has 27 heavy (non-hydrogen) atoms. The van der Waals surface area contributed by atoms with Crippen LogP contribution in [0.15, 0.2) is 23.1 Å². The van der Waals surface area contributed by atoms with Gasteiger partial charge in [0.25, 0.3) is 5.56 Å². The average molecular weight is 387 g/mol. The fraction of sp³-hybridized carbons (Fsp3) is 0.389. The van der Waals surface area contributed by atoms with E-state index in [0.29, 0.717) is 30.1 Å². The highest BCUT2D eigenvalue weighted by Crippen LogP contribution is 2.23. The third-order valence-corrected chi connectivity index (χ3v) is 4.64. The second kappa shape index (κ2) is 7.83. The van der Waals surface area contributed by atoms with Crippen molar-refractivity contribution in [3.8, 4) is 11.4 Å². The molecule has 0 aliphatic carbocycles. The first-order valence-electron chi connectivity index (χ1n) is 8.80. The Labute approximate surface area is 160 Å². The Morgan fingerprint density at radius 2 is 2.11 bits per heavy atom. The van der Waals surface area contributed by atoms with Gasteiger partial charge in [0.15, 0.2) is 4.77 Å². The molecule has 0 saturated carbocycles. The zero-order valence-corrected chi connectivity index (χ0v) is 16.3. The van der Waals surface area contributed by atoms with Crippen molar-refractivity contribution in [2.45, 2.75) is 39.8 Å². The van der Waals surface area contributed by atoms with Crippen molar-refractivity contribution >= 4 is 29.2 Å². The fourth-order valence-electron chi connectivity index (χ4n) is 2.87. The zero-order chi connectivity index (χ0) is 19.6. The number of esters is 1. The third kappa shape index (κ3) is 3.55. The number of unbranched alkanes of at least 4 members (excludes halogenated alkanes) is 1. The Morgan fingerprint density at radius 1 is 1.33 bits per heavy atom. The number of nitrogens with one attached hydrogen (secondary N) is 1. The zero-order valence-electron chi connectivity index (χ0n) is 15.5. The Balaban J connectivity index is 2.37. The monoisotopic (exact) mass is 387 g/mol. The predicted molar refractivity (Wildman–Crippen MR) is 104 cm³/mol. The number of pyridine rings is 1. The van der Waals surface area contributed by atoms with Crippen LogP contribution in [0.3, 0.4) is 0 Å². The van der Waals surface area contributed by atoms with E-state index >= 15 is 0 Å². The molecule has 0 amide bonds. The van der Waals surface area contributed by atoms with E-state index in [0.717, 1.165) is 12.8 Å². The van der Waals surface area contributed by atoms with Gasteiger partial charge in [-0.3, -0.25) is 14.5 Å². The highest BCUT2D eigenvalue weighted by atomic mass is 32.1. The second-order valence-electron chi connectivity index (χ2n) is 6.07. The van der Waals surface area contributed by atoms with Crippen molar-refractivity contribution in [3.63, 3.8) is 0 Å². The van der Waals surface area contributed by atoms with Crippen LogP contribution in [0, 0.1) is 4.77 Å². The van der Waals surface area contributed by atoms with Gasteiger partial charge in [-0.05, 0) is 37.7 Å². The minimum Gasteiger partial charge on any atom is -0.465 e. The average Bonchev–Trinajstić information content (AvgIpc) is 3.15. The lowest BCUT2D eigenvalue weighted by Crippen LogP contribution is -2.20. The maximum atomic E-state index is 12.6. The van der Waals surface area contributed by atoms with Gasteiger partial charge in [0.2, 0.25) is 0 Å². The van der Waals surface area contributed by atoms with Crippen LogP contribution < -0.4 is 5.56 Å². The number of fused-ring (bicyclic) bond motifs is 1. The maximum absolute atomic E-state index is 12.6. The molecule has 0 radical (unpaired) electrons. The topological polar surface area (TPSA) is 94.8 Å². The first-order chi connectivity index (χ1) is 13.0. The van der Waals surface area contributed by atoms with E-state index in [-0.39, 0.29) is 15.7 Å². The van der Waals surface area contributed by atoms with Crippen molar-refractivity contribution < 1.29 is 9.53 Å². The normalized spacial score (nSPS) is 11.1. The van der Waals surface area contributed by atoms with Crippen LogP contribution in [0.1, 0.15) is 37.0 Å². The van der Waals surface area contributed by atoms with E-state index < -0.39 is 11.5 Å². The summed E-state index contributed by atoms with van der Waals surface area (Å²) in [4.78, 5) is 32.2. The highest BCUT2D eigenvalue weighted by molar-refractivity contribution is 7.71. The molecule has 142 valence electrons. The van der Waals surface area contributed by atoms with Crippen LogP contribution in [0.2, 0.25) is 0 Å². The second-order valence-corrected chi connectivity index (χ2v) is 6.45. The Kier molecular flexibility index (Phi) is 5.50. The molecule has 0 aromatic carbocycles. The Morgan fingerprint density at radius 3 is 2.74 bits per heavy atom. The van der Waals surface area contributed by atoms with Gasteiger partial charge >= 0.3 is 5.97 Å². The number of hydrogen-bond donors (Lipinski definition) is 1. The fourth-order valence-corrected chi connectivity index (χ4v) is 3.14. The summed E-state index contributed by atoms with van der Waals surface area (Å²) >= 11 is 5.33. The molecule has 0 unspecified atom stereocenters. The van der Waals surface area contributed by atoms with Crippen LogP contribution in [0.4, 0.5) is 0 Å². The van der Waals surface area contributed by atoms with Gasteiger partial charge in [0.05, 0.1) is 23.8 Å². The first-order valence-corrected chi connectivity index (χ1v) is 9.21. The molecule has 0 saturated heterocycles. The molecule has 0 bridgehead atoms. The lowest BCUT2D eigenvalue weighted by atomic mass is 10.1. The molecule has 1 N–H and O–H groups in total. The molecule has 8 nitrogen and oxygen atoms in total. The molecule has 0 spiro atoms. The number of aromatic amines is 1. The number of carbonyl (C=O) groups is 1. The van der Waals surface area contributed by atoms with Crippen LogP contribution in [0.25, 0.3) is 22.4 Å². The summed E-state index contributed by atoms with van der Waals surface area (Å²) in [5.41, 5.74) is 1.14. The molecule has 3 rings (SSSR count). The number of rotatable bonds is 6. The smallest absolute Gasteiger partial charge is 0.338 e. The third-order valence-electron chi connectivity index (χ3n) is 4.32. The summed E-state index contributed by atoms with van der Waals surface area (Å²) < 4.78 is 8.68. The quantitative estimate of drug-likeness (QED) is 0.516. The summed E-state index contributed by atoms with van der Waals surface area (Å²) in [5, 5.41) is 4.62. The number of aromatic nitrogens is 5. The minimum atomic E-state index is -0.608. The molecule has 0 aliphatic heterocycles. The van der Waals surface area contributed by atoms with Gasteiger partial charge < -0.3 is 9.30 Å². The van der Waals surface area contributed by atoms with Gasteiger partial charge in [-0.1, -0.05) is 13.3 Å². The molecular formula is C18H21N5O3S. The molecule has 9 heteroatoms. The Hall–Kier alpha value is -2.81. The van der Waals surface area contributed by atoms with Crippen molar-refractivity contribution in [3.05, 3.63) is 39.0 Å². The molecule has 0 aliphatic rings. The minimum absolute atomic E-state index is 0.144. The summed E-state index contributed by atoms with van der Waals surface area (Å²) in [6.07, 6.45) is 3.65. The van der Waals surface area contributed by atoms with Crippen LogP contribution in [0.5, 0.6) is 0 Å². The molecule has 3 heterocycles. The molecule has 0 atom stereocenters. The number of aryl methyl sites for hydroxylation is 2. The van der Waals surface area contributed by atoms with Crippen molar-refractivity contribution in [2.75, 3.05) is 7.11 Å². The lowest BCUT2D eigenvalue weighted by Gasteiger charge is -2.13. The van der Waals surface area contributed by atoms with Crippen LogP contribution in [-0.2, 0) is 17.8 Å². The van der Waals surface area contributed by atoms with Crippen LogP contribution >= 0.6 is 12.2 Å². The largest absolute Gasteiger partial charge is 0.465 e. The number of hydrogen-bond acceptors (Lipinski definition) is 6. The highest BCUT2D eigenvalue weighted by Gasteiger charge is 2.20. The van der Waals surface area contributed by atoms with Crippen molar-refractivity contribution in [1.29, 1.82) is 0 Å². The van der Waals surface area contributed by atoms with Gasteiger partial charge in [0, 0.05) is 19.3 Å². The number of nitrogens with zero attached hydrogens (tertiary/aromatic N) is 4. The van der Waals surface area contributed by atoms with E-state index in [2.05, 4.69) is 22.0 Å². The van der Waals surface area contributed by atoms with E-state index in [1.807, 2.05) is 19.2 Å². The summed E-state index contributed by atoms with van der Waals surface area (Å²) in [6, 6.07) is 3.36. The van der Waals surface area contributed by atoms with Gasteiger partial charge in [-0.15, -0.1) is 0 Å². The van der Waals surface area contributed by atoms with Gasteiger partial charge in [-0.2, -0.15) is 5.10 Å². The van der Waals surface area contributed by atoms with E-state index in [1.54, 1.807) is 15.3 Å². The summed E-state index contributed by atoms with van der Waals surface area (Å²) in [5.74, 6) is -0.608. The Bertz CT molecular complexity index is 1110. The predicted octanol–water partition coefficient (Wildman–Crippen LogP) is 2.92. The maximum Gasteiger partial charge on any atom is 0.338 e. The number of ether oxygens (including phenoxy) is 1. The van der Waals surface area contributed by atoms with Gasteiger partial charge in [-0.25, -0.2) is 9.78 Å². The molecular weight excluding hydrogens is 366 g/mol. The first kappa shape index (κ1) is 19.0. The van der Waals surface area contributed by atoms with E-state index in [1.165, 1.54) is 7.11 Å². The lowest BCUT2D eigenvalue weighted by molar-refractivity contribution is 0.0603.